The van der Waals surface area contributed by atoms with Crippen molar-refractivity contribution < 1.29 is 9.69 Å². The number of Topliss-reactive ketones (excluding diaryl/α,β-unsaturated/α-hetero) is 1. The molecule has 0 amide bonds. The molecule has 2 atom stereocenters. The van der Waals surface area contributed by atoms with E-state index in [4.69, 9.17) is 0 Å². The standard InChI is InChI=1S/C24H30N4OS/c1-6-21(27(4)5)23-25-26-24(28(23)16-19-10-8-7-9-11-19)30-18(3)22(29)20-14-12-17(2)13-15-20/h7-15,18,21H,6,16H2,1-5H3/p+1/t18-,21-/m0/s1. The molecule has 158 valence electrons. The molecule has 1 aromatic heterocycles. The summed E-state index contributed by atoms with van der Waals surface area (Å²) in [6.07, 6.45) is 0.970. The molecule has 0 aliphatic carbocycles. The van der Waals surface area contributed by atoms with E-state index in [1.807, 2.05) is 56.3 Å². The van der Waals surface area contributed by atoms with E-state index in [0.717, 1.165) is 28.5 Å². The summed E-state index contributed by atoms with van der Waals surface area (Å²) in [5.41, 5.74) is 3.08. The molecule has 0 radical (unpaired) electrons. The molecule has 5 nitrogen and oxygen atoms in total. The molecule has 3 aromatic rings. The van der Waals surface area contributed by atoms with Crippen LogP contribution in [0.1, 0.15) is 53.6 Å². The molecule has 1 N–H and O–H groups in total. The van der Waals surface area contributed by atoms with Crippen molar-refractivity contribution >= 4 is 17.5 Å². The first-order chi connectivity index (χ1) is 14.4. The number of carbonyl (C=O) groups is 1. The van der Waals surface area contributed by atoms with E-state index in [1.165, 1.54) is 22.2 Å². The Kier molecular flexibility index (Phi) is 7.45. The van der Waals surface area contributed by atoms with Crippen LogP contribution in [0.25, 0.3) is 0 Å². The van der Waals surface area contributed by atoms with Crippen LogP contribution < -0.4 is 4.90 Å². The van der Waals surface area contributed by atoms with Gasteiger partial charge in [-0.2, -0.15) is 0 Å². The van der Waals surface area contributed by atoms with Crippen molar-refractivity contribution in [3.05, 3.63) is 77.1 Å². The van der Waals surface area contributed by atoms with Crippen molar-refractivity contribution in [1.82, 2.24) is 14.8 Å². The van der Waals surface area contributed by atoms with E-state index in [9.17, 15) is 4.79 Å². The Balaban J connectivity index is 1.90. The lowest BCUT2D eigenvalue weighted by Gasteiger charge is -2.21. The van der Waals surface area contributed by atoms with Crippen LogP contribution in [-0.2, 0) is 6.54 Å². The number of rotatable bonds is 9. The minimum Gasteiger partial charge on any atom is -0.331 e. The van der Waals surface area contributed by atoms with Gasteiger partial charge in [-0.1, -0.05) is 78.8 Å². The van der Waals surface area contributed by atoms with Crippen molar-refractivity contribution in [1.29, 1.82) is 0 Å². The predicted octanol–water partition coefficient (Wildman–Crippen LogP) is 3.59. The minimum absolute atomic E-state index is 0.112. The summed E-state index contributed by atoms with van der Waals surface area (Å²) in [4.78, 5) is 14.3. The molecular weight excluding hydrogens is 392 g/mol. The zero-order valence-corrected chi connectivity index (χ0v) is 19.2. The van der Waals surface area contributed by atoms with Gasteiger partial charge < -0.3 is 4.90 Å². The van der Waals surface area contributed by atoms with Crippen molar-refractivity contribution in [3.8, 4) is 0 Å². The first kappa shape index (κ1) is 22.2. The number of nitrogens with zero attached hydrogens (tertiary/aromatic N) is 3. The maximum absolute atomic E-state index is 13.0. The zero-order chi connectivity index (χ0) is 21.7. The van der Waals surface area contributed by atoms with Gasteiger partial charge in [0.2, 0.25) is 0 Å². The van der Waals surface area contributed by atoms with E-state index in [2.05, 4.69) is 47.9 Å². The summed E-state index contributed by atoms with van der Waals surface area (Å²) in [7, 11) is 4.29. The average molecular weight is 424 g/mol. The number of ketones is 1. The van der Waals surface area contributed by atoms with Crippen molar-refractivity contribution in [2.75, 3.05) is 14.1 Å². The van der Waals surface area contributed by atoms with Gasteiger partial charge in [0.15, 0.2) is 16.8 Å². The van der Waals surface area contributed by atoms with E-state index >= 15 is 0 Å². The van der Waals surface area contributed by atoms with Gasteiger partial charge in [-0.05, 0) is 19.4 Å². The normalized spacial score (nSPS) is 13.4. The first-order valence-corrected chi connectivity index (χ1v) is 11.3. The lowest BCUT2D eigenvalue weighted by atomic mass is 10.1. The maximum atomic E-state index is 13.0. The number of aromatic nitrogens is 3. The minimum atomic E-state index is -0.244. The number of quaternary nitrogens is 1. The number of nitrogens with one attached hydrogen (secondary N) is 1. The van der Waals surface area contributed by atoms with E-state index in [-0.39, 0.29) is 17.1 Å². The molecule has 0 unspecified atom stereocenters. The second-order valence-corrected chi connectivity index (χ2v) is 9.25. The quantitative estimate of drug-likeness (QED) is 0.422. The summed E-state index contributed by atoms with van der Waals surface area (Å²) in [6.45, 7) is 6.84. The van der Waals surface area contributed by atoms with Gasteiger partial charge in [-0.25, -0.2) is 0 Å². The Morgan fingerprint density at radius 1 is 1.07 bits per heavy atom. The molecule has 3 rings (SSSR count). The largest absolute Gasteiger partial charge is 0.331 e. The van der Waals surface area contributed by atoms with Crippen LogP contribution >= 0.6 is 11.8 Å². The zero-order valence-electron chi connectivity index (χ0n) is 18.4. The van der Waals surface area contributed by atoms with Crippen LogP contribution in [0.15, 0.2) is 59.8 Å². The molecule has 0 fully saturated rings. The van der Waals surface area contributed by atoms with Gasteiger partial charge in [0.25, 0.3) is 0 Å². The van der Waals surface area contributed by atoms with E-state index in [1.54, 1.807) is 0 Å². The molecule has 0 bridgehead atoms. The SMILES string of the molecule is CC[C@@H](c1nnc(S[C@@H](C)C(=O)c2ccc(C)cc2)n1Cc1ccccc1)[NH+](C)C. The third kappa shape index (κ3) is 5.18. The summed E-state index contributed by atoms with van der Waals surface area (Å²) >= 11 is 1.49. The molecule has 1 heterocycles. The second-order valence-electron chi connectivity index (χ2n) is 7.94. The van der Waals surface area contributed by atoms with Gasteiger partial charge in [0.05, 0.1) is 25.9 Å². The highest BCUT2D eigenvalue weighted by Gasteiger charge is 2.27. The lowest BCUT2D eigenvalue weighted by molar-refractivity contribution is -0.893. The highest BCUT2D eigenvalue weighted by molar-refractivity contribution is 8.00. The smallest absolute Gasteiger partial charge is 0.192 e. The third-order valence-corrected chi connectivity index (χ3v) is 6.41. The molecule has 0 spiro atoms. The first-order valence-electron chi connectivity index (χ1n) is 10.4. The Bertz CT molecular complexity index is 967. The van der Waals surface area contributed by atoms with Gasteiger partial charge in [-0.3, -0.25) is 9.36 Å². The van der Waals surface area contributed by atoms with E-state index in [0.29, 0.717) is 6.54 Å². The highest BCUT2D eigenvalue weighted by Crippen LogP contribution is 2.27. The van der Waals surface area contributed by atoms with Crippen LogP contribution in [-0.4, -0.2) is 39.9 Å². The van der Waals surface area contributed by atoms with Crippen LogP contribution in [0, 0.1) is 6.92 Å². The van der Waals surface area contributed by atoms with Crippen LogP contribution in [0.4, 0.5) is 0 Å². The fraction of sp³-hybridized carbons (Fsp3) is 0.375. The number of hydrogen-bond donors (Lipinski definition) is 1. The summed E-state index contributed by atoms with van der Waals surface area (Å²) in [6, 6.07) is 18.3. The molecule has 6 heteroatoms. The average Bonchev–Trinajstić information content (AvgIpc) is 3.11. The van der Waals surface area contributed by atoms with Crippen molar-refractivity contribution in [2.45, 2.75) is 50.2 Å². The predicted molar refractivity (Wildman–Crippen MR) is 122 cm³/mol. The van der Waals surface area contributed by atoms with Crippen LogP contribution in [0.5, 0.6) is 0 Å². The molecular formula is C24H31N4OS+. The third-order valence-electron chi connectivity index (χ3n) is 5.33. The second kappa shape index (κ2) is 10.0. The van der Waals surface area contributed by atoms with Gasteiger partial charge in [-0.15, -0.1) is 10.2 Å². The van der Waals surface area contributed by atoms with Crippen LogP contribution in [0.2, 0.25) is 0 Å². The monoisotopic (exact) mass is 423 g/mol. The number of hydrogen-bond acceptors (Lipinski definition) is 4. The van der Waals surface area contributed by atoms with Crippen LogP contribution in [0.3, 0.4) is 0 Å². The van der Waals surface area contributed by atoms with Gasteiger partial charge in [0, 0.05) is 12.0 Å². The summed E-state index contributed by atoms with van der Waals surface area (Å²) < 4.78 is 2.18. The summed E-state index contributed by atoms with van der Waals surface area (Å²) in [5.74, 6) is 1.08. The molecule has 0 aliphatic heterocycles. The van der Waals surface area contributed by atoms with Gasteiger partial charge >= 0.3 is 0 Å². The Morgan fingerprint density at radius 3 is 2.33 bits per heavy atom. The molecule has 0 saturated carbocycles. The Hall–Kier alpha value is -2.44. The fourth-order valence-corrected chi connectivity index (χ4v) is 4.51. The highest BCUT2D eigenvalue weighted by atomic mass is 32.2. The number of carbonyl (C=O) groups excluding carboxylic acids is 1. The molecule has 0 aliphatic rings. The van der Waals surface area contributed by atoms with Crippen molar-refractivity contribution in [2.24, 2.45) is 0 Å². The summed E-state index contributed by atoms with van der Waals surface area (Å²) in [5, 5.41) is 9.61. The van der Waals surface area contributed by atoms with Crippen molar-refractivity contribution in [3.63, 3.8) is 0 Å². The Morgan fingerprint density at radius 2 is 1.73 bits per heavy atom. The van der Waals surface area contributed by atoms with E-state index < -0.39 is 0 Å². The molecule has 2 aromatic carbocycles. The molecule has 30 heavy (non-hydrogen) atoms. The fourth-order valence-electron chi connectivity index (χ4n) is 3.57. The van der Waals surface area contributed by atoms with Gasteiger partial charge in [0.1, 0.15) is 6.04 Å². The number of benzene rings is 2. The topological polar surface area (TPSA) is 52.2 Å². The number of thioether (sulfide) groups is 1. The maximum Gasteiger partial charge on any atom is 0.192 e. The number of aryl methyl sites for hydroxylation is 1. The Labute approximate surface area is 183 Å². The lowest BCUT2D eigenvalue weighted by Crippen LogP contribution is -3.06. The molecule has 0 saturated heterocycles.